The van der Waals surface area contributed by atoms with Gasteiger partial charge in [-0.05, 0) is 37.1 Å². The number of fused-ring (bicyclic) bond motifs is 2. The third-order valence-electron chi connectivity index (χ3n) is 5.63. The third kappa shape index (κ3) is 2.97. The van der Waals surface area contributed by atoms with E-state index in [1.54, 1.807) is 0 Å². The van der Waals surface area contributed by atoms with E-state index in [0.29, 0.717) is 5.92 Å². The number of ether oxygens (including phenoxy) is 2. The van der Waals surface area contributed by atoms with Gasteiger partial charge in [0.05, 0.1) is 5.52 Å². The van der Waals surface area contributed by atoms with Crippen LogP contribution in [-0.4, -0.2) is 23.8 Å². The fourth-order valence-corrected chi connectivity index (χ4v) is 4.09. The number of anilines is 2. The molecule has 2 heterocycles. The summed E-state index contributed by atoms with van der Waals surface area (Å²) in [6.07, 6.45) is 6.24. The van der Waals surface area contributed by atoms with Crippen molar-refractivity contribution in [1.29, 1.82) is 0 Å². The lowest BCUT2D eigenvalue weighted by Gasteiger charge is -2.24. The molecule has 0 saturated heterocycles. The lowest BCUT2D eigenvalue weighted by Crippen LogP contribution is -2.16. The summed E-state index contributed by atoms with van der Waals surface area (Å²) in [4.78, 5) is 12.1. The van der Waals surface area contributed by atoms with Crippen LogP contribution in [0, 0.1) is 0 Å². The Kier molecular flexibility index (Phi) is 4.07. The van der Waals surface area contributed by atoms with E-state index >= 15 is 0 Å². The zero-order valence-corrected chi connectivity index (χ0v) is 15.5. The van der Waals surface area contributed by atoms with Crippen molar-refractivity contribution in [2.75, 3.05) is 18.7 Å². The summed E-state index contributed by atoms with van der Waals surface area (Å²) in [7, 11) is 2.05. The molecule has 2 aliphatic rings. The molecule has 138 valence electrons. The molecule has 5 nitrogen and oxygen atoms in total. The van der Waals surface area contributed by atoms with Gasteiger partial charge < -0.3 is 14.4 Å². The predicted molar refractivity (Wildman–Crippen MR) is 106 cm³/mol. The molecule has 5 rings (SSSR count). The van der Waals surface area contributed by atoms with Crippen LogP contribution in [0.3, 0.4) is 0 Å². The van der Waals surface area contributed by atoms with Crippen LogP contribution in [0.1, 0.15) is 43.8 Å². The van der Waals surface area contributed by atoms with Crippen LogP contribution in [0.2, 0.25) is 0 Å². The van der Waals surface area contributed by atoms with E-state index in [9.17, 15) is 0 Å². The van der Waals surface area contributed by atoms with E-state index in [2.05, 4.69) is 24.1 Å². The standard InChI is InChI=1S/C22H23N3O2/c1-25(16-11-12-19-20(13-16)27-14-26-19)22-17-9-5-6-10-18(17)23-21(24-22)15-7-3-2-4-8-15/h5-6,9-13,15H,2-4,7-8,14H2,1H3. The Morgan fingerprint density at radius 3 is 2.63 bits per heavy atom. The number of benzene rings is 2. The monoisotopic (exact) mass is 361 g/mol. The number of rotatable bonds is 3. The largest absolute Gasteiger partial charge is 0.454 e. The van der Waals surface area contributed by atoms with Gasteiger partial charge in [0, 0.05) is 30.1 Å². The Balaban J connectivity index is 1.60. The molecule has 1 fully saturated rings. The highest BCUT2D eigenvalue weighted by Gasteiger charge is 2.22. The van der Waals surface area contributed by atoms with E-state index in [1.807, 2.05) is 30.3 Å². The summed E-state index contributed by atoms with van der Waals surface area (Å²) in [5, 5.41) is 1.07. The molecular formula is C22H23N3O2. The second-order valence-electron chi connectivity index (χ2n) is 7.35. The van der Waals surface area contributed by atoms with E-state index < -0.39 is 0 Å². The summed E-state index contributed by atoms with van der Waals surface area (Å²) in [6, 6.07) is 14.3. The van der Waals surface area contributed by atoms with Crippen molar-refractivity contribution in [3.05, 3.63) is 48.3 Å². The molecule has 1 aromatic heterocycles. The van der Waals surface area contributed by atoms with Crippen LogP contribution in [0.5, 0.6) is 11.5 Å². The van der Waals surface area contributed by atoms with Crippen molar-refractivity contribution in [3.63, 3.8) is 0 Å². The van der Waals surface area contributed by atoms with Gasteiger partial charge in [-0.2, -0.15) is 0 Å². The Morgan fingerprint density at radius 2 is 1.74 bits per heavy atom. The molecule has 0 amide bonds. The van der Waals surface area contributed by atoms with Gasteiger partial charge in [0.2, 0.25) is 6.79 Å². The van der Waals surface area contributed by atoms with E-state index in [4.69, 9.17) is 19.4 Å². The zero-order chi connectivity index (χ0) is 18.2. The lowest BCUT2D eigenvalue weighted by atomic mass is 9.88. The maximum atomic E-state index is 5.55. The van der Waals surface area contributed by atoms with Gasteiger partial charge in [-0.3, -0.25) is 0 Å². The molecule has 0 spiro atoms. The second-order valence-corrected chi connectivity index (χ2v) is 7.35. The molecule has 1 aliphatic heterocycles. The maximum absolute atomic E-state index is 5.55. The number of nitrogens with zero attached hydrogens (tertiary/aromatic N) is 3. The third-order valence-corrected chi connectivity index (χ3v) is 5.63. The van der Waals surface area contributed by atoms with Crippen LogP contribution in [-0.2, 0) is 0 Å². The highest BCUT2D eigenvalue weighted by molar-refractivity contribution is 5.91. The Bertz CT molecular complexity index is 982. The minimum atomic E-state index is 0.283. The van der Waals surface area contributed by atoms with Crippen molar-refractivity contribution < 1.29 is 9.47 Å². The fourth-order valence-electron chi connectivity index (χ4n) is 4.09. The van der Waals surface area contributed by atoms with Crippen molar-refractivity contribution in [1.82, 2.24) is 9.97 Å². The molecule has 3 aromatic rings. The number of hydrogen-bond donors (Lipinski definition) is 0. The van der Waals surface area contributed by atoms with Gasteiger partial charge in [-0.1, -0.05) is 31.4 Å². The van der Waals surface area contributed by atoms with E-state index in [0.717, 1.165) is 39.7 Å². The molecule has 5 heteroatoms. The molecule has 0 atom stereocenters. The van der Waals surface area contributed by atoms with Crippen molar-refractivity contribution in [2.24, 2.45) is 0 Å². The van der Waals surface area contributed by atoms with Crippen LogP contribution in [0.4, 0.5) is 11.5 Å². The van der Waals surface area contributed by atoms with Gasteiger partial charge in [-0.25, -0.2) is 9.97 Å². The summed E-state index contributed by atoms with van der Waals surface area (Å²) in [5.41, 5.74) is 2.04. The normalized spacial score (nSPS) is 16.6. The summed E-state index contributed by atoms with van der Waals surface area (Å²) >= 11 is 0. The SMILES string of the molecule is CN(c1ccc2c(c1)OCO2)c1nc(C2CCCCC2)nc2ccccc12. The molecule has 1 aliphatic carbocycles. The predicted octanol–water partition coefficient (Wildman–Crippen LogP) is 5.17. The van der Waals surface area contributed by atoms with Crippen LogP contribution < -0.4 is 14.4 Å². The van der Waals surface area contributed by atoms with Gasteiger partial charge in [-0.15, -0.1) is 0 Å². The van der Waals surface area contributed by atoms with Crippen molar-refractivity contribution >= 4 is 22.4 Å². The first kappa shape index (κ1) is 16.4. The van der Waals surface area contributed by atoms with Gasteiger partial charge in [0.15, 0.2) is 11.5 Å². The Hall–Kier alpha value is -2.82. The Labute approximate surface area is 159 Å². The van der Waals surface area contributed by atoms with Crippen molar-refractivity contribution in [3.8, 4) is 11.5 Å². The smallest absolute Gasteiger partial charge is 0.231 e. The van der Waals surface area contributed by atoms with Crippen LogP contribution in [0.15, 0.2) is 42.5 Å². The molecule has 1 saturated carbocycles. The van der Waals surface area contributed by atoms with Gasteiger partial charge in [0.1, 0.15) is 11.6 Å². The van der Waals surface area contributed by atoms with E-state index in [-0.39, 0.29) is 6.79 Å². The first-order valence-electron chi connectivity index (χ1n) is 9.70. The maximum Gasteiger partial charge on any atom is 0.231 e. The lowest BCUT2D eigenvalue weighted by molar-refractivity contribution is 0.174. The molecule has 2 aromatic carbocycles. The fraction of sp³-hybridized carbons (Fsp3) is 0.364. The van der Waals surface area contributed by atoms with Crippen LogP contribution in [0.25, 0.3) is 10.9 Å². The average Bonchev–Trinajstić information content (AvgIpc) is 3.21. The summed E-state index contributed by atoms with van der Waals surface area (Å²) in [6.45, 7) is 0.283. The minimum Gasteiger partial charge on any atom is -0.454 e. The minimum absolute atomic E-state index is 0.283. The number of hydrogen-bond acceptors (Lipinski definition) is 5. The summed E-state index contributed by atoms with van der Waals surface area (Å²) in [5.74, 6) is 3.97. The highest BCUT2D eigenvalue weighted by Crippen LogP contribution is 2.39. The number of para-hydroxylation sites is 1. The molecule has 0 bridgehead atoms. The molecule has 0 N–H and O–H groups in total. The average molecular weight is 361 g/mol. The van der Waals surface area contributed by atoms with E-state index in [1.165, 1.54) is 32.1 Å². The summed E-state index contributed by atoms with van der Waals surface area (Å²) < 4.78 is 11.0. The molecule has 0 unspecified atom stereocenters. The van der Waals surface area contributed by atoms with Gasteiger partial charge >= 0.3 is 0 Å². The molecule has 0 radical (unpaired) electrons. The molecular weight excluding hydrogens is 338 g/mol. The van der Waals surface area contributed by atoms with Crippen LogP contribution >= 0.6 is 0 Å². The Morgan fingerprint density at radius 1 is 0.926 bits per heavy atom. The second kappa shape index (κ2) is 6.72. The first-order chi connectivity index (χ1) is 13.3. The molecule has 27 heavy (non-hydrogen) atoms. The number of aromatic nitrogens is 2. The van der Waals surface area contributed by atoms with Gasteiger partial charge in [0.25, 0.3) is 0 Å². The quantitative estimate of drug-likeness (QED) is 0.644. The zero-order valence-electron chi connectivity index (χ0n) is 15.5. The first-order valence-corrected chi connectivity index (χ1v) is 9.70. The van der Waals surface area contributed by atoms with Crippen molar-refractivity contribution in [2.45, 2.75) is 38.0 Å². The topological polar surface area (TPSA) is 47.5 Å². The highest BCUT2D eigenvalue weighted by atomic mass is 16.7.